The zero-order chi connectivity index (χ0) is 42.1. The van der Waals surface area contributed by atoms with E-state index < -0.39 is 33.2 Å². The van der Waals surface area contributed by atoms with Gasteiger partial charge in [0.25, 0.3) is 0 Å². The predicted octanol–water partition coefficient (Wildman–Crippen LogP) is 6.72. The summed E-state index contributed by atoms with van der Waals surface area (Å²) in [6.45, 7) is 5.34. The highest BCUT2D eigenvalue weighted by Crippen LogP contribution is 2.48. The van der Waals surface area contributed by atoms with E-state index in [1.54, 1.807) is 20.2 Å². The van der Waals surface area contributed by atoms with Crippen LogP contribution in [0.3, 0.4) is 0 Å². The molecule has 1 amide bonds. The summed E-state index contributed by atoms with van der Waals surface area (Å²) in [4.78, 5) is 31.8. The molecule has 0 spiro atoms. The number of oxazole rings is 1. The van der Waals surface area contributed by atoms with Crippen molar-refractivity contribution in [1.82, 2.24) is 29.5 Å². The number of aliphatic hydroxyl groups is 1. The number of hydrogen-bond acceptors (Lipinski definition) is 12. The number of amides is 1. The zero-order valence-corrected chi connectivity index (χ0v) is 34.8. The molecule has 1 saturated carbocycles. The van der Waals surface area contributed by atoms with E-state index in [1.165, 1.54) is 0 Å². The molecule has 2 aromatic heterocycles. The SMILES string of the molecule is COc1nc(-c2cccc(-c3cccc(-c4nc5cc6c(c(OC(F)F)c5o4)CC[C@H]6N4CC[C@@H](C(=O)NS(=O)(=O)C5(C)CC5)C4)c3C)c2C)cnc1CN1CC[C@@H](O)C1. The van der Waals surface area contributed by atoms with E-state index in [2.05, 4.69) is 14.5 Å². The van der Waals surface area contributed by atoms with E-state index in [0.29, 0.717) is 92.2 Å². The van der Waals surface area contributed by atoms with Crippen molar-refractivity contribution in [3.63, 3.8) is 0 Å². The lowest BCUT2D eigenvalue weighted by Gasteiger charge is -2.25. The number of rotatable bonds is 12. The maximum Gasteiger partial charge on any atom is 0.387 e. The third kappa shape index (κ3) is 7.30. The smallest absolute Gasteiger partial charge is 0.387 e. The Kier molecular flexibility index (Phi) is 10.4. The summed E-state index contributed by atoms with van der Waals surface area (Å²) in [6, 6.07) is 13.5. The zero-order valence-electron chi connectivity index (χ0n) is 34.0. The fraction of sp³-hybridized carbons (Fsp3) is 0.455. The minimum Gasteiger partial charge on any atom is -0.480 e. The Balaban J connectivity index is 1.00. The predicted molar refractivity (Wildman–Crippen MR) is 220 cm³/mol. The number of fused-ring (bicyclic) bond motifs is 2. The Labute approximate surface area is 347 Å². The minimum atomic E-state index is -3.76. The van der Waals surface area contributed by atoms with E-state index in [4.69, 9.17) is 28.8 Å². The minimum absolute atomic E-state index is 0.0334. The Morgan fingerprint density at radius 3 is 2.42 bits per heavy atom. The van der Waals surface area contributed by atoms with Crippen molar-refractivity contribution in [2.45, 2.75) is 89.3 Å². The highest BCUT2D eigenvalue weighted by atomic mass is 32.2. The quantitative estimate of drug-likeness (QED) is 0.137. The van der Waals surface area contributed by atoms with Crippen LogP contribution in [-0.2, 0) is 27.8 Å². The van der Waals surface area contributed by atoms with Crippen LogP contribution >= 0.6 is 0 Å². The van der Waals surface area contributed by atoms with Gasteiger partial charge in [-0.15, -0.1) is 0 Å². The maximum atomic E-state index is 14.0. The first-order valence-corrected chi connectivity index (χ1v) is 21.9. The maximum absolute atomic E-state index is 14.0. The van der Waals surface area contributed by atoms with Crippen LogP contribution in [0.2, 0.25) is 0 Å². The molecule has 2 saturated heterocycles. The second-order valence-corrected chi connectivity index (χ2v) is 19.0. The van der Waals surface area contributed by atoms with Crippen LogP contribution < -0.4 is 14.2 Å². The molecule has 3 aromatic carbocycles. The molecule has 13 nitrogen and oxygen atoms in total. The third-order valence-electron chi connectivity index (χ3n) is 13.0. The molecule has 316 valence electrons. The van der Waals surface area contributed by atoms with E-state index >= 15 is 0 Å². The molecule has 0 radical (unpaired) electrons. The van der Waals surface area contributed by atoms with Gasteiger partial charge in [-0.25, -0.2) is 18.4 Å². The number of carbonyl (C=O) groups excluding carboxylic acids is 1. The molecule has 3 atom stereocenters. The van der Waals surface area contributed by atoms with Gasteiger partial charge in [-0.05, 0) is 106 Å². The second-order valence-electron chi connectivity index (χ2n) is 16.8. The second kappa shape index (κ2) is 15.5. The summed E-state index contributed by atoms with van der Waals surface area (Å²) in [7, 11) is -2.18. The highest BCUT2D eigenvalue weighted by molar-refractivity contribution is 7.91. The Bertz CT molecular complexity index is 2620. The number of nitrogens with one attached hydrogen (secondary N) is 1. The topological polar surface area (TPSA) is 160 Å². The molecule has 0 unspecified atom stereocenters. The molecule has 2 aliphatic carbocycles. The van der Waals surface area contributed by atoms with Crippen molar-refractivity contribution >= 4 is 27.0 Å². The normalized spacial score (nSPS) is 21.5. The Hall–Kier alpha value is -5.03. The van der Waals surface area contributed by atoms with Crippen molar-refractivity contribution in [2.24, 2.45) is 5.92 Å². The molecule has 16 heteroatoms. The van der Waals surface area contributed by atoms with Crippen LogP contribution in [0.4, 0.5) is 8.78 Å². The van der Waals surface area contributed by atoms with Crippen LogP contribution in [0.1, 0.15) is 73.0 Å². The number of benzene rings is 3. The number of halogens is 2. The van der Waals surface area contributed by atoms with Gasteiger partial charge >= 0.3 is 6.61 Å². The van der Waals surface area contributed by atoms with Crippen LogP contribution in [0, 0.1) is 19.8 Å². The van der Waals surface area contributed by atoms with Crippen molar-refractivity contribution in [2.75, 3.05) is 33.3 Å². The number of carbonyl (C=O) groups is 1. The van der Waals surface area contributed by atoms with Crippen LogP contribution in [0.15, 0.2) is 53.1 Å². The molecule has 3 fully saturated rings. The molecular weight excluding hydrogens is 795 g/mol. The van der Waals surface area contributed by atoms with Crippen LogP contribution in [-0.4, -0.2) is 94.9 Å². The number of methoxy groups -OCH3 is 1. The first kappa shape index (κ1) is 40.4. The fourth-order valence-electron chi connectivity index (χ4n) is 9.19. The molecule has 9 rings (SSSR count). The monoisotopic (exact) mass is 842 g/mol. The number of likely N-dealkylation sites (tertiary alicyclic amines) is 2. The number of β-amino-alcohol motifs (C(OH)–C–C–N with tert-alkyl or cyclic N) is 1. The molecule has 4 heterocycles. The first-order valence-electron chi connectivity index (χ1n) is 20.5. The molecule has 2 N–H and O–H groups in total. The van der Waals surface area contributed by atoms with E-state index in [-0.39, 0.29) is 29.4 Å². The third-order valence-corrected chi connectivity index (χ3v) is 15.1. The average Bonchev–Trinajstić information content (AvgIpc) is 3.68. The number of aliphatic hydroxyl groups excluding tert-OH is 1. The van der Waals surface area contributed by atoms with Gasteiger partial charge in [-0.2, -0.15) is 8.78 Å². The lowest BCUT2D eigenvalue weighted by molar-refractivity contribution is -0.122. The summed E-state index contributed by atoms with van der Waals surface area (Å²) < 4.78 is 72.2. The summed E-state index contributed by atoms with van der Waals surface area (Å²) >= 11 is 0. The number of aromatic nitrogens is 3. The number of ether oxygens (including phenoxy) is 2. The summed E-state index contributed by atoms with van der Waals surface area (Å²) in [5, 5.41) is 9.98. The van der Waals surface area contributed by atoms with Crippen molar-refractivity contribution < 1.29 is 41.0 Å². The summed E-state index contributed by atoms with van der Waals surface area (Å²) in [5.74, 6) is -0.349. The van der Waals surface area contributed by atoms with Crippen LogP contribution in [0.25, 0.3) is 44.9 Å². The largest absolute Gasteiger partial charge is 0.480 e. The number of alkyl halides is 2. The summed E-state index contributed by atoms with van der Waals surface area (Å²) in [5.41, 5.74) is 8.59. The van der Waals surface area contributed by atoms with Crippen LogP contribution in [0.5, 0.6) is 11.6 Å². The van der Waals surface area contributed by atoms with E-state index in [9.17, 15) is 27.1 Å². The average molecular weight is 843 g/mol. The first-order chi connectivity index (χ1) is 28.7. The standard InChI is InChI=1S/C44H48F2N6O7S/c1-24-28(7-5-9-30(24)35-20-47-36(42(49-35)57-4)23-51-17-14-27(53)22-51)29-8-6-10-31(25(29)2)41-48-34-19-33-32(38(39(34)58-41)59-43(45)46)11-12-37(33)52-18-13-26(21-52)40(54)50-60(55,56)44(3)15-16-44/h5-10,19-20,26-27,37,43,53H,11-18,21-23H2,1-4H3,(H,50,54)/t26-,27-,37-/m1/s1. The fourth-order valence-corrected chi connectivity index (χ4v) is 10.5. The Morgan fingerprint density at radius 1 is 1.02 bits per heavy atom. The molecule has 0 bridgehead atoms. The Morgan fingerprint density at radius 2 is 1.73 bits per heavy atom. The van der Waals surface area contributed by atoms with Gasteiger partial charge in [0.1, 0.15) is 11.2 Å². The lowest BCUT2D eigenvalue weighted by Crippen LogP contribution is -2.42. The van der Waals surface area contributed by atoms with Gasteiger partial charge in [0.2, 0.25) is 27.7 Å². The number of sulfonamides is 1. The number of nitrogens with zero attached hydrogens (tertiary/aromatic N) is 5. The lowest BCUT2D eigenvalue weighted by atomic mass is 9.90. The van der Waals surface area contributed by atoms with Gasteiger partial charge < -0.3 is 19.0 Å². The molecule has 4 aliphatic rings. The molecule has 2 aliphatic heterocycles. The molecule has 5 aromatic rings. The van der Waals surface area contributed by atoms with Gasteiger partial charge in [-0.1, -0.05) is 30.3 Å². The van der Waals surface area contributed by atoms with Crippen molar-refractivity contribution in [3.05, 3.63) is 76.6 Å². The highest BCUT2D eigenvalue weighted by Gasteiger charge is 2.51. The van der Waals surface area contributed by atoms with Crippen molar-refractivity contribution in [1.29, 1.82) is 0 Å². The molecular formula is C44H48F2N6O7S. The van der Waals surface area contributed by atoms with Gasteiger partial charge in [0, 0.05) is 48.9 Å². The number of hydrogen-bond donors (Lipinski definition) is 2. The summed E-state index contributed by atoms with van der Waals surface area (Å²) in [6.07, 6.45) is 4.75. The van der Waals surface area contributed by atoms with E-state index in [0.717, 1.165) is 46.3 Å². The van der Waals surface area contributed by atoms with Gasteiger partial charge in [0.15, 0.2) is 11.3 Å². The van der Waals surface area contributed by atoms with E-state index in [1.807, 2.05) is 56.3 Å². The van der Waals surface area contributed by atoms with Crippen molar-refractivity contribution in [3.8, 4) is 45.5 Å². The molecule has 60 heavy (non-hydrogen) atoms. The van der Waals surface area contributed by atoms with Gasteiger partial charge in [0.05, 0.1) is 35.8 Å². The van der Waals surface area contributed by atoms with Gasteiger partial charge in [-0.3, -0.25) is 24.3 Å².